The monoisotopic (exact) mass is 333 g/mol. The number of nitrogens with one attached hydrogen (secondary N) is 2. The number of nitrogens with two attached hydrogens (primary N) is 1. The lowest BCUT2D eigenvalue weighted by molar-refractivity contribution is 0.555. The van der Waals surface area contributed by atoms with Crippen molar-refractivity contribution in [2.24, 2.45) is 0 Å². The molecule has 0 aliphatic carbocycles. The number of benzene rings is 2. The largest absolute Gasteiger partial charge is 0.417 e. The van der Waals surface area contributed by atoms with Gasteiger partial charge in [0.2, 0.25) is 0 Å². The van der Waals surface area contributed by atoms with E-state index in [9.17, 15) is 4.79 Å². The maximum atomic E-state index is 11.2. The van der Waals surface area contributed by atoms with Crippen molar-refractivity contribution >= 4 is 44.1 Å². The Hall–Kier alpha value is -2.21. The number of anilines is 3. The zero-order valence-corrected chi connectivity index (χ0v) is 12.2. The Balaban J connectivity index is 2.08. The zero-order valence-electron chi connectivity index (χ0n) is 10.7. The molecule has 3 rings (SSSR count). The molecular weight excluding hydrogens is 322 g/mol. The number of hydrogen-bond donors (Lipinski definition) is 3. The number of fused-ring (bicyclic) bond motifs is 1. The molecule has 0 aliphatic rings. The number of hydrogen-bond acceptors (Lipinski definition) is 4. The second kappa shape index (κ2) is 4.72. The van der Waals surface area contributed by atoms with Crippen molar-refractivity contribution in [2.45, 2.75) is 6.92 Å². The lowest BCUT2D eigenvalue weighted by atomic mass is 10.2. The molecule has 3 aromatic rings. The third-order valence-corrected chi connectivity index (χ3v) is 3.99. The van der Waals surface area contributed by atoms with Gasteiger partial charge in [0.05, 0.1) is 16.9 Å². The van der Waals surface area contributed by atoms with E-state index < -0.39 is 5.76 Å². The Morgan fingerprint density at radius 3 is 2.90 bits per heavy atom. The van der Waals surface area contributed by atoms with E-state index in [1.807, 2.05) is 25.1 Å². The maximum Gasteiger partial charge on any atom is 0.417 e. The number of halogens is 1. The predicted octanol–water partition coefficient (Wildman–Crippen LogP) is 3.52. The van der Waals surface area contributed by atoms with Crippen LogP contribution in [0.4, 0.5) is 17.1 Å². The van der Waals surface area contributed by atoms with Crippen molar-refractivity contribution in [3.63, 3.8) is 0 Å². The summed E-state index contributed by atoms with van der Waals surface area (Å²) in [4.78, 5) is 13.8. The van der Waals surface area contributed by atoms with E-state index in [1.165, 1.54) is 0 Å². The summed E-state index contributed by atoms with van der Waals surface area (Å²) in [5.41, 5.74) is 10.3. The van der Waals surface area contributed by atoms with Crippen LogP contribution in [-0.4, -0.2) is 4.98 Å². The first-order valence-electron chi connectivity index (χ1n) is 5.99. The summed E-state index contributed by atoms with van der Waals surface area (Å²) < 4.78 is 5.98. The highest BCUT2D eigenvalue weighted by Gasteiger charge is 2.08. The van der Waals surface area contributed by atoms with Gasteiger partial charge in [-0.05, 0) is 30.7 Å². The summed E-state index contributed by atoms with van der Waals surface area (Å²) >= 11 is 3.49. The minimum absolute atomic E-state index is 0.448. The average Bonchev–Trinajstić information content (AvgIpc) is 2.74. The molecule has 0 atom stereocenters. The van der Waals surface area contributed by atoms with Crippen molar-refractivity contribution in [1.29, 1.82) is 0 Å². The van der Waals surface area contributed by atoms with Gasteiger partial charge < -0.3 is 15.5 Å². The third-order valence-electron chi connectivity index (χ3n) is 3.13. The molecule has 0 saturated heterocycles. The average molecular weight is 334 g/mol. The van der Waals surface area contributed by atoms with Gasteiger partial charge >= 0.3 is 5.76 Å². The summed E-state index contributed by atoms with van der Waals surface area (Å²) in [6.07, 6.45) is 0. The van der Waals surface area contributed by atoms with Gasteiger partial charge in [0.15, 0.2) is 5.58 Å². The van der Waals surface area contributed by atoms with E-state index >= 15 is 0 Å². The van der Waals surface area contributed by atoms with Gasteiger partial charge in [0.25, 0.3) is 0 Å². The highest BCUT2D eigenvalue weighted by molar-refractivity contribution is 9.10. The molecule has 0 aliphatic heterocycles. The van der Waals surface area contributed by atoms with E-state index in [-0.39, 0.29) is 0 Å². The van der Waals surface area contributed by atoms with Gasteiger partial charge in [-0.3, -0.25) is 4.98 Å². The number of aromatic amines is 1. The Morgan fingerprint density at radius 2 is 2.10 bits per heavy atom. The summed E-state index contributed by atoms with van der Waals surface area (Å²) in [5.74, 6) is -0.491. The van der Waals surface area contributed by atoms with Crippen LogP contribution < -0.4 is 16.8 Å². The van der Waals surface area contributed by atoms with E-state index in [0.29, 0.717) is 16.8 Å². The van der Waals surface area contributed by atoms with E-state index in [2.05, 4.69) is 26.2 Å². The van der Waals surface area contributed by atoms with Crippen molar-refractivity contribution in [3.05, 3.63) is 50.9 Å². The van der Waals surface area contributed by atoms with Crippen LogP contribution in [0.1, 0.15) is 5.56 Å². The minimum Gasteiger partial charge on any atom is -0.408 e. The Kier molecular flexibility index (Phi) is 3.02. The van der Waals surface area contributed by atoms with Crippen molar-refractivity contribution < 1.29 is 4.42 Å². The lowest BCUT2D eigenvalue weighted by Crippen LogP contribution is -1.98. The fraction of sp³-hybridized carbons (Fsp3) is 0.0714. The number of oxazole rings is 1. The van der Waals surface area contributed by atoms with Crippen molar-refractivity contribution in [1.82, 2.24) is 4.98 Å². The first-order valence-corrected chi connectivity index (χ1v) is 6.78. The van der Waals surface area contributed by atoms with Crippen LogP contribution in [0.25, 0.3) is 11.1 Å². The molecule has 0 fully saturated rings. The van der Waals surface area contributed by atoms with Crippen LogP contribution in [-0.2, 0) is 0 Å². The molecule has 0 spiro atoms. The Labute approximate surface area is 122 Å². The van der Waals surface area contributed by atoms with Gasteiger partial charge in [-0.15, -0.1) is 0 Å². The van der Waals surface area contributed by atoms with Gasteiger partial charge in [-0.25, -0.2) is 4.79 Å². The minimum atomic E-state index is -0.491. The van der Waals surface area contributed by atoms with E-state index in [0.717, 1.165) is 21.4 Å². The molecule has 1 aromatic heterocycles. The Morgan fingerprint density at radius 1 is 1.30 bits per heavy atom. The van der Waals surface area contributed by atoms with Crippen LogP contribution in [0.15, 0.2) is 44.0 Å². The molecule has 5 nitrogen and oxygen atoms in total. The highest BCUT2D eigenvalue weighted by atomic mass is 79.9. The molecule has 102 valence electrons. The Bertz CT molecular complexity index is 851. The molecule has 0 bridgehead atoms. The van der Waals surface area contributed by atoms with E-state index in [4.69, 9.17) is 10.2 Å². The van der Waals surface area contributed by atoms with Crippen LogP contribution >= 0.6 is 15.9 Å². The quantitative estimate of drug-likeness (QED) is 0.626. The lowest BCUT2D eigenvalue weighted by Gasteiger charge is -2.12. The number of H-pyrrole nitrogens is 1. The topological polar surface area (TPSA) is 84.0 Å². The second-order valence-corrected chi connectivity index (χ2v) is 5.34. The van der Waals surface area contributed by atoms with Gasteiger partial charge in [0.1, 0.15) is 0 Å². The van der Waals surface area contributed by atoms with Crippen LogP contribution in [0.2, 0.25) is 0 Å². The van der Waals surface area contributed by atoms with E-state index in [1.54, 1.807) is 12.1 Å². The number of aromatic nitrogens is 1. The molecule has 0 saturated carbocycles. The van der Waals surface area contributed by atoms with Gasteiger partial charge in [0, 0.05) is 16.2 Å². The van der Waals surface area contributed by atoms with Crippen molar-refractivity contribution in [3.8, 4) is 0 Å². The number of rotatable bonds is 2. The molecular formula is C14H12BrN3O2. The number of nitrogen functional groups attached to an aromatic ring is 1. The molecule has 2 aromatic carbocycles. The maximum absolute atomic E-state index is 11.2. The molecule has 0 radical (unpaired) electrons. The zero-order chi connectivity index (χ0) is 14.3. The summed E-state index contributed by atoms with van der Waals surface area (Å²) in [6, 6.07) is 9.26. The molecule has 20 heavy (non-hydrogen) atoms. The van der Waals surface area contributed by atoms with Crippen LogP contribution in [0.3, 0.4) is 0 Å². The van der Waals surface area contributed by atoms with Crippen LogP contribution in [0, 0.1) is 6.92 Å². The van der Waals surface area contributed by atoms with Crippen molar-refractivity contribution in [2.75, 3.05) is 11.1 Å². The normalized spacial score (nSPS) is 10.9. The molecule has 1 heterocycles. The van der Waals surface area contributed by atoms with Crippen LogP contribution in [0.5, 0.6) is 0 Å². The first-order chi connectivity index (χ1) is 9.54. The first kappa shape index (κ1) is 12.8. The molecule has 6 heteroatoms. The molecule has 0 unspecified atom stereocenters. The summed E-state index contributed by atoms with van der Waals surface area (Å²) in [5, 5.41) is 3.26. The summed E-state index contributed by atoms with van der Waals surface area (Å²) in [7, 11) is 0. The highest BCUT2D eigenvalue weighted by Crippen LogP contribution is 2.31. The van der Waals surface area contributed by atoms with Gasteiger partial charge in [-0.1, -0.05) is 22.0 Å². The molecule has 0 amide bonds. The smallest absolute Gasteiger partial charge is 0.408 e. The second-order valence-electron chi connectivity index (χ2n) is 4.49. The SMILES string of the molecule is Cc1c(Br)cccc1Nc1cc2[nH]c(=O)oc2cc1N. The summed E-state index contributed by atoms with van der Waals surface area (Å²) in [6.45, 7) is 2.00. The fourth-order valence-electron chi connectivity index (χ4n) is 2.01. The predicted molar refractivity (Wildman–Crippen MR) is 83.4 cm³/mol. The van der Waals surface area contributed by atoms with Gasteiger partial charge in [-0.2, -0.15) is 0 Å². The standard InChI is InChI=1S/C14H12BrN3O2/c1-7-8(15)3-2-4-10(7)17-11-6-12-13(5-9(11)16)20-14(19)18-12/h2-6,17H,16H2,1H3,(H,18,19). The third kappa shape index (κ3) is 2.18. The fourth-order valence-corrected chi connectivity index (χ4v) is 2.38. The molecule has 4 N–H and O–H groups in total.